The van der Waals surface area contributed by atoms with Crippen molar-refractivity contribution in [3.8, 4) is 0 Å². The van der Waals surface area contributed by atoms with Crippen molar-refractivity contribution in [3.63, 3.8) is 0 Å². The van der Waals surface area contributed by atoms with E-state index in [2.05, 4.69) is 0 Å². The average molecular weight is 254 g/mol. The molecule has 1 N–H and O–H groups in total. The highest BCUT2D eigenvalue weighted by Gasteiger charge is 2.32. The maximum atomic E-state index is 13.8. The summed E-state index contributed by atoms with van der Waals surface area (Å²) >= 11 is 0. The summed E-state index contributed by atoms with van der Waals surface area (Å²) in [5, 5.41) is 9.24. The van der Waals surface area contributed by atoms with Gasteiger partial charge in [0.15, 0.2) is 0 Å². The highest BCUT2D eigenvalue weighted by Crippen LogP contribution is 2.38. The van der Waals surface area contributed by atoms with E-state index in [1.165, 1.54) is 0 Å². The van der Waals surface area contributed by atoms with Crippen molar-refractivity contribution in [2.45, 2.75) is 38.0 Å². The van der Waals surface area contributed by atoms with Gasteiger partial charge < -0.3 is 5.11 Å². The predicted molar refractivity (Wildman–Crippen MR) is 63.3 cm³/mol. The smallest absolute Gasteiger partial charge is 0.307 e. The standard InChI is InChI=1S/C14H16F2O2/c15-9-6-7-13(16)12(8-9)10-4-2-1-3-5-11(10)14(17)18/h6-8,10-11H,1-5H2,(H,17,18). The third-order valence-electron chi connectivity index (χ3n) is 3.69. The Morgan fingerprint density at radius 2 is 1.89 bits per heavy atom. The first kappa shape index (κ1) is 13.0. The minimum Gasteiger partial charge on any atom is -0.481 e. The van der Waals surface area contributed by atoms with Crippen molar-refractivity contribution < 1.29 is 18.7 Å². The van der Waals surface area contributed by atoms with Gasteiger partial charge in [0.25, 0.3) is 0 Å². The van der Waals surface area contributed by atoms with E-state index in [1.54, 1.807) is 0 Å². The predicted octanol–water partition coefficient (Wildman–Crippen LogP) is 3.71. The SMILES string of the molecule is O=C(O)C1CCCCCC1c1cc(F)ccc1F. The quantitative estimate of drug-likeness (QED) is 0.817. The van der Waals surface area contributed by atoms with Crippen LogP contribution in [0.2, 0.25) is 0 Å². The van der Waals surface area contributed by atoms with Crippen LogP contribution in [0.3, 0.4) is 0 Å². The van der Waals surface area contributed by atoms with E-state index in [4.69, 9.17) is 0 Å². The summed E-state index contributed by atoms with van der Waals surface area (Å²) in [6.07, 6.45) is 3.80. The second kappa shape index (κ2) is 5.46. The number of halogens is 2. The minimum absolute atomic E-state index is 0.212. The van der Waals surface area contributed by atoms with Gasteiger partial charge in [-0.1, -0.05) is 19.3 Å². The monoisotopic (exact) mass is 254 g/mol. The van der Waals surface area contributed by atoms with Crippen molar-refractivity contribution in [2.75, 3.05) is 0 Å². The molecule has 0 bridgehead atoms. The number of aliphatic carboxylic acids is 1. The largest absolute Gasteiger partial charge is 0.481 e. The highest BCUT2D eigenvalue weighted by atomic mass is 19.1. The van der Waals surface area contributed by atoms with Gasteiger partial charge in [-0.25, -0.2) is 8.78 Å². The van der Waals surface area contributed by atoms with Crippen molar-refractivity contribution >= 4 is 5.97 Å². The summed E-state index contributed by atoms with van der Waals surface area (Å²) in [6.45, 7) is 0. The summed E-state index contributed by atoms with van der Waals surface area (Å²) in [4.78, 5) is 11.3. The second-order valence-electron chi connectivity index (χ2n) is 4.86. The number of carbonyl (C=O) groups is 1. The molecule has 2 unspecified atom stereocenters. The van der Waals surface area contributed by atoms with Crippen LogP contribution in [0.25, 0.3) is 0 Å². The summed E-state index contributed by atoms with van der Waals surface area (Å²) in [7, 11) is 0. The lowest BCUT2D eigenvalue weighted by molar-refractivity contribution is -0.142. The number of hydrogen-bond acceptors (Lipinski definition) is 1. The van der Waals surface area contributed by atoms with Gasteiger partial charge in [-0.3, -0.25) is 4.79 Å². The van der Waals surface area contributed by atoms with E-state index in [-0.39, 0.29) is 5.56 Å². The number of benzene rings is 1. The zero-order valence-corrected chi connectivity index (χ0v) is 10.0. The van der Waals surface area contributed by atoms with Crippen LogP contribution in [-0.2, 0) is 4.79 Å². The molecule has 0 saturated heterocycles. The fraction of sp³-hybridized carbons (Fsp3) is 0.500. The fourth-order valence-corrected chi connectivity index (χ4v) is 2.77. The molecule has 1 fully saturated rings. The van der Waals surface area contributed by atoms with Gasteiger partial charge in [-0.05, 0) is 36.6 Å². The molecule has 98 valence electrons. The van der Waals surface area contributed by atoms with E-state index in [1.807, 2.05) is 0 Å². The third-order valence-corrected chi connectivity index (χ3v) is 3.69. The molecule has 0 heterocycles. The van der Waals surface area contributed by atoms with E-state index in [9.17, 15) is 18.7 Å². The van der Waals surface area contributed by atoms with Crippen LogP contribution in [0, 0.1) is 17.6 Å². The second-order valence-corrected chi connectivity index (χ2v) is 4.86. The van der Waals surface area contributed by atoms with Crippen LogP contribution in [0.15, 0.2) is 18.2 Å². The molecular weight excluding hydrogens is 238 g/mol. The Morgan fingerprint density at radius 3 is 2.61 bits per heavy atom. The molecule has 1 aliphatic rings. The number of rotatable bonds is 2. The van der Waals surface area contributed by atoms with Crippen LogP contribution in [0.1, 0.15) is 43.6 Å². The molecule has 0 spiro atoms. The number of carboxylic acid groups (broad SMARTS) is 1. The Balaban J connectivity index is 2.37. The summed E-state index contributed by atoms with van der Waals surface area (Å²) in [6, 6.07) is 3.28. The minimum atomic E-state index is -0.912. The van der Waals surface area contributed by atoms with E-state index < -0.39 is 29.4 Å². The first-order chi connectivity index (χ1) is 8.59. The Labute approximate surface area is 105 Å². The lowest BCUT2D eigenvalue weighted by Crippen LogP contribution is -2.22. The first-order valence-corrected chi connectivity index (χ1v) is 6.27. The normalized spacial score (nSPS) is 24.6. The fourth-order valence-electron chi connectivity index (χ4n) is 2.77. The molecule has 1 aromatic rings. The van der Waals surface area contributed by atoms with Gasteiger partial charge in [-0.15, -0.1) is 0 Å². The maximum absolute atomic E-state index is 13.8. The zero-order chi connectivity index (χ0) is 13.1. The van der Waals surface area contributed by atoms with Crippen LogP contribution in [0.5, 0.6) is 0 Å². The van der Waals surface area contributed by atoms with Crippen molar-refractivity contribution in [1.29, 1.82) is 0 Å². The Hall–Kier alpha value is -1.45. The first-order valence-electron chi connectivity index (χ1n) is 6.27. The highest BCUT2D eigenvalue weighted by molar-refractivity contribution is 5.71. The van der Waals surface area contributed by atoms with E-state index in [0.717, 1.165) is 37.5 Å². The topological polar surface area (TPSA) is 37.3 Å². The molecule has 0 radical (unpaired) electrons. The van der Waals surface area contributed by atoms with Crippen LogP contribution in [-0.4, -0.2) is 11.1 Å². The van der Waals surface area contributed by atoms with Gasteiger partial charge in [0.05, 0.1) is 5.92 Å². The third kappa shape index (κ3) is 2.68. The van der Waals surface area contributed by atoms with Crippen LogP contribution in [0.4, 0.5) is 8.78 Å². The Bertz CT molecular complexity index is 445. The van der Waals surface area contributed by atoms with Gasteiger partial charge in [-0.2, -0.15) is 0 Å². The average Bonchev–Trinajstić information content (AvgIpc) is 2.57. The van der Waals surface area contributed by atoms with Crippen molar-refractivity contribution in [1.82, 2.24) is 0 Å². The van der Waals surface area contributed by atoms with Crippen LogP contribution < -0.4 is 0 Å². The summed E-state index contributed by atoms with van der Waals surface area (Å²) in [5.41, 5.74) is 0.212. The lowest BCUT2D eigenvalue weighted by atomic mass is 9.82. The molecule has 0 amide bonds. The van der Waals surface area contributed by atoms with Gasteiger partial charge >= 0.3 is 5.97 Å². The molecule has 1 saturated carbocycles. The molecule has 4 heteroatoms. The maximum Gasteiger partial charge on any atom is 0.307 e. The van der Waals surface area contributed by atoms with Crippen LogP contribution >= 0.6 is 0 Å². The molecule has 1 aliphatic carbocycles. The van der Waals surface area contributed by atoms with Gasteiger partial charge in [0.2, 0.25) is 0 Å². The number of hydrogen-bond donors (Lipinski definition) is 1. The Kier molecular flexibility index (Phi) is 3.94. The van der Waals surface area contributed by atoms with Crippen molar-refractivity contribution in [3.05, 3.63) is 35.4 Å². The molecule has 2 rings (SSSR count). The Morgan fingerprint density at radius 1 is 1.17 bits per heavy atom. The molecule has 0 aromatic heterocycles. The van der Waals surface area contributed by atoms with E-state index in [0.29, 0.717) is 12.8 Å². The molecule has 1 aromatic carbocycles. The molecule has 2 nitrogen and oxygen atoms in total. The lowest BCUT2D eigenvalue weighted by Gasteiger charge is -2.22. The van der Waals surface area contributed by atoms with Crippen molar-refractivity contribution in [2.24, 2.45) is 5.92 Å². The molecule has 2 atom stereocenters. The number of carboxylic acids is 1. The van der Waals surface area contributed by atoms with Gasteiger partial charge in [0, 0.05) is 5.92 Å². The summed E-state index contributed by atoms with van der Waals surface area (Å²) in [5.74, 6) is -2.95. The molecule has 0 aliphatic heterocycles. The molecule has 18 heavy (non-hydrogen) atoms. The molecular formula is C14H16F2O2. The van der Waals surface area contributed by atoms with Gasteiger partial charge in [0.1, 0.15) is 11.6 Å². The zero-order valence-electron chi connectivity index (χ0n) is 10.0. The summed E-state index contributed by atoms with van der Waals surface area (Å²) < 4.78 is 27.0. The van der Waals surface area contributed by atoms with E-state index >= 15 is 0 Å².